The molecule has 0 atom stereocenters. The number of amides is 1. The monoisotopic (exact) mass is 365 g/mol. The van der Waals surface area contributed by atoms with E-state index >= 15 is 0 Å². The van der Waals surface area contributed by atoms with Crippen LogP contribution in [-0.2, 0) is 16.9 Å². The standard InChI is InChI=1S/C17H17BrFNO2/c1-17(2,14-9-8-13(18)10-15(14)19)20-16(21)22-11-12-6-4-3-5-7-12/h3-10H,11H2,1-2H3,(H,20,21). The van der Waals surface area contributed by atoms with Gasteiger partial charge in [-0.25, -0.2) is 9.18 Å². The molecule has 0 radical (unpaired) electrons. The summed E-state index contributed by atoms with van der Waals surface area (Å²) < 4.78 is 19.8. The predicted octanol–water partition coefficient (Wildman–Crippen LogP) is 4.75. The lowest BCUT2D eigenvalue weighted by atomic mass is 9.94. The average Bonchev–Trinajstić information content (AvgIpc) is 2.45. The highest BCUT2D eigenvalue weighted by atomic mass is 79.9. The number of alkyl carbamates (subject to hydrolysis) is 1. The fraction of sp³-hybridized carbons (Fsp3) is 0.235. The summed E-state index contributed by atoms with van der Waals surface area (Å²) in [5.41, 5.74) is 0.413. The number of ether oxygens (including phenoxy) is 1. The minimum atomic E-state index is -0.876. The van der Waals surface area contributed by atoms with Crippen molar-refractivity contribution in [1.82, 2.24) is 5.32 Å². The molecule has 22 heavy (non-hydrogen) atoms. The molecule has 0 aliphatic carbocycles. The lowest BCUT2D eigenvalue weighted by Gasteiger charge is -2.27. The molecule has 2 aromatic rings. The molecule has 0 saturated carbocycles. The lowest BCUT2D eigenvalue weighted by Crippen LogP contribution is -2.41. The molecule has 0 spiro atoms. The van der Waals surface area contributed by atoms with Crippen molar-refractivity contribution >= 4 is 22.0 Å². The molecule has 0 aliphatic heterocycles. The second-order valence-electron chi connectivity index (χ2n) is 5.44. The predicted molar refractivity (Wildman–Crippen MR) is 86.9 cm³/mol. The van der Waals surface area contributed by atoms with Crippen molar-refractivity contribution in [2.45, 2.75) is 26.0 Å². The normalized spacial score (nSPS) is 11.1. The van der Waals surface area contributed by atoms with Crippen molar-refractivity contribution in [2.75, 3.05) is 0 Å². The van der Waals surface area contributed by atoms with Crippen LogP contribution in [0.25, 0.3) is 0 Å². The van der Waals surface area contributed by atoms with Crippen molar-refractivity contribution in [3.05, 3.63) is 69.9 Å². The third-order valence-corrected chi connectivity index (χ3v) is 3.73. The van der Waals surface area contributed by atoms with E-state index < -0.39 is 11.6 Å². The van der Waals surface area contributed by atoms with Gasteiger partial charge >= 0.3 is 6.09 Å². The zero-order valence-electron chi connectivity index (χ0n) is 12.4. The average molecular weight is 366 g/mol. The molecule has 0 fully saturated rings. The summed E-state index contributed by atoms with van der Waals surface area (Å²) in [6.07, 6.45) is -0.587. The Hall–Kier alpha value is -1.88. The van der Waals surface area contributed by atoms with Gasteiger partial charge in [-0.2, -0.15) is 0 Å². The topological polar surface area (TPSA) is 38.3 Å². The van der Waals surface area contributed by atoms with Gasteiger partial charge in [0.25, 0.3) is 0 Å². The first-order valence-electron chi connectivity index (χ1n) is 6.83. The molecule has 116 valence electrons. The van der Waals surface area contributed by atoms with Gasteiger partial charge in [0.05, 0.1) is 5.54 Å². The van der Waals surface area contributed by atoms with Crippen molar-refractivity contribution in [1.29, 1.82) is 0 Å². The number of hydrogen-bond acceptors (Lipinski definition) is 2. The largest absolute Gasteiger partial charge is 0.445 e. The molecule has 0 heterocycles. The van der Waals surface area contributed by atoms with Crippen molar-refractivity contribution in [3.8, 4) is 0 Å². The maximum absolute atomic E-state index is 14.0. The number of nitrogens with one attached hydrogen (secondary N) is 1. The molecule has 0 saturated heterocycles. The van der Waals surface area contributed by atoms with Crippen LogP contribution in [-0.4, -0.2) is 6.09 Å². The third-order valence-electron chi connectivity index (χ3n) is 3.23. The van der Waals surface area contributed by atoms with Crippen LogP contribution in [0, 0.1) is 5.82 Å². The molecular weight excluding hydrogens is 349 g/mol. The van der Waals surface area contributed by atoms with Crippen LogP contribution < -0.4 is 5.32 Å². The van der Waals surface area contributed by atoms with Gasteiger partial charge in [-0.1, -0.05) is 52.3 Å². The van der Waals surface area contributed by atoms with Crippen LogP contribution in [0.3, 0.4) is 0 Å². The van der Waals surface area contributed by atoms with Gasteiger partial charge in [0, 0.05) is 10.0 Å². The molecule has 1 amide bonds. The van der Waals surface area contributed by atoms with Crippen LogP contribution in [0.15, 0.2) is 53.0 Å². The highest BCUT2D eigenvalue weighted by Crippen LogP contribution is 2.25. The molecule has 3 nitrogen and oxygen atoms in total. The molecule has 1 N–H and O–H groups in total. The Kier molecular flexibility index (Phi) is 5.19. The summed E-state index contributed by atoms with van der Waals surface area (Å²) in [4.78, 5) is 11.9. The van der Waals surface area contributed by atoms with E-state index in [1.165, 1.54) is 6.07 Å². The number of carbonyl (C=O) groups excluding carboxylic acids is 1. The van der Waals surface area contributed by atoms with E-state index in [4.69, 9.17) is 4.74 Å². The first kappa shape index (κ1) is 16.5. The SMILES string of the molecule is CC(C)(NC(=O)OCc1ccccc1)c1ccc(Br)cc1F. The maximum atomic E-state index is 14.0. The second-order valence-corrected chi connectivity index (χ2v) is 6.35. The van der Waals surface area contributed by atoms with E-state index in [2.05, 4.69) is 21.2 Å². The van der Waals surface area contributed by atoms with Gasteiger partial charge in [-0.15, -0.1) is 0 Å². The van der Waals surface area contributed by atoms with Gasteiger partial charge in [0.1, 0.15) is 12.4 Å². The first-order valence-corrected chi connectivity index (χ1v) is 7.62. The van der Waals surface area contributed by atoms with Gasteiger partial charge in [-0.05, 0) is 31.5 Å². The van der Waals surface area contributed by atoms with Gasteiger partial charge in [-0.3, -0.25) is 0 Å². The van der Waals surface area contributed by atoms with E-state index in [-0.39, 0.29) is 12.4 Å². The Bertz CT molecular complexity index is 659. The minimum absolute atomic E-state index is 0.172. The summed E-state index contributed by atoms with van der Waals surface area (Å²) >= 11 is 3.21. The number of halogens is 2. The Morgan fingerprint density at radius 1 is 1.23 bits per heavy atom. The van der Waals surface area contributed by atoms with E-state index in [9.17, 15) is 9.18 Å². The van der Waals surface area contributed by atoms with Crippen molar-refractivity contribution in [3.63, 3.8) is 0 Å². The highest BCUT2D eigenvalue weighted by Gasteiger charge is 2.26. The number of carbonyl (C=O) groups is 1. The van der Waals surface area contributed by atoms with E-state index in [1.807, 2.05) is 30.3 Å². The minimum Gasteiger partial charge on any atom is -0.445 e. The zero-order valence-corrected chi connectivity index (χ0v) is 14.0. The van der Waals surface area contributed by atoms with Crippen LogP contribution in [0.5, 0.6) is 0 Å². The number of hydrogen-bond donors (Lipinski definition) is 1. The summed E-state index contributed by atoms with van der Waals surface area (Å²) in [6.45, 7) is 3.62. The second kappa shape index (κ2) is 6.92. The third kappa shape index (κ3) is 4.31. The summed E-state index contributed by atoms with van der Waals surface area (Å²) in [5.74, 6) is -0.386. The first-order chi connectivity index (χ1) is 10.4. The Morgan fingerprint density at radius 2 is 1.91 bits per heavy atom. The van der Waals surface area contributed by atoms with E-state index in [1.54, 1.807) is 26.0 Å². The van der Waals surface area contributed by atoms with Crippen LogP contribution in [0.2, 0.25) is 0 Å². The molecular formula is C17H17BrFNO2. The van der Waals surface area contributed by atoms with Crippen molar-refractivity contribution in [2.24, 2.45) is 0 Å². The molecule has 0 unspecified atom stereocenters. The molecule has 0 bridgehead atoms. The van der Waals surface area contributed by atoms with Crippen molar-refractivity contribution < 1.29 is 13.9 Å². The van der Waals surface area contributed by atoms with Gasteiger partial charge < -0.3 is 10.1 Å². The van der Waals surface area contributed by atoms with Gasteiger partial charge in [0.15, 0.2) is 0 Å². The molecule has 0 aromatic heterocycles. The quantitative estimate of drug-likeness (QED) is 0.848. The molecule has 5 heteroatoms. The summed E-state index contributed by atoms with van der Waals surface area (Å²) in [5, 5.41) is 2.69. The van der Waals surface area contributed by atoms with Gasteiger partial charge in [0.2, 0.25) is 0 Å². The highest BCUT2D eigenvalue weighted by molar-refractivity contribution is 9.10. The molecule has 0 aliphatic rings. The summed E-state index contributed by atoms with van der Waals surface area (Å²) in [7, 11) is 0. The maximum Gasteiger partial charge on any atom is 0.408 e. The van der Waals surface area contributed by atoms with Crippen LogP contribution >= 0.6 is 15.9 Å². The summed E-state index contributed by atoms with van der Waals surface area (Å²) in [6, 6.07) is 14.1. The fourth-order valence-corrected chi connectivity index (χ4v) is 2.41. The Balaban J connectivity index is 2.00. The zero-order chi connectivity index (χ0) is 16.2. The van der Waals surface area contributed by atoms with E-state index in [0.29, 0.717) is 10.0 Å². The van der Waals surface area contributed by atoms with E-state index in [0.717, 1.165) is 5.56 Å². The fourth-order valence-electron chi connectivity index (χ4n) is 2.08. The Morgan fingerprint density at radius 3 is 2.55 bits per heavy atom. The smallest absolute Gasteiger partial charge is 0.408 e. The number of benzene rings is 2. The Labute approximate surface area is 137 Å². The molecule has 2 rings (SSSR count). The van der Waals surface area contributed by atoms with Crippen LogP contribution in [0.4, 0.5) is 9.18 Å². The number of rotatable bonds is 4. The lowest BCUT2D eigenvalue weighted by molar-refractivity contribution is 0.129. The van der Waals surface area contributed by atoms with Crippen LogP contribution in [0.1, 0.15) is 25.0 Å². The molecule has 2 aromatic carbocycles.